The predicted molar refractivity (Wildman–Crippen MR) is 69.4 cm³/mol. The van der Waals surface area contributed by atoms with Crippen LogP contribution >= 0.6 is 0 Å². The zero-order valence-electron chi connectivity index (χ0n) is 10.4. The van der Waals surface area contributed by atoms with Gasteiger partial charge in [0.2, 0.25) is 10.0 Å². The fourth-order valence-electron chi connectivity index (χ4n) is 2.43. The SMILES string of the molecule is Nc1ccc(F)cc1S(=O)(=O)NC1(CO)CCCC1. The molecule has 1 aromatic carbocycles. The summed E-state index contributed by atoms with van der Waals surface area (Å²) in [5.41, 5.74) is 4.72. The van der Waals surface area contributed by atoms with E-state index in [0.29, 0.717) is 12.8 Å². The number of sulfonamides is 1. The molecule has 1 aromatic rings. The molecule has 0 heterocycles. The van der Waals surface area contributed by atoms with E-state index in [1.807, 2.05) is 0 Å². The number of hydrogen-bond acceptors (Lipinski definition) is 4. The number of benzene rings is 1. The molecule has 1 saturated carbocycles. The Bertz CT molecular complexity index is 568. The smallest absolute Gasteiger partial charge is 0.243 e. The highest BCUT2D eigenvalue weighted by molar-refractivity contribution is 7.89. The maximum absolute atomic E-state index is 13.2. The third-order valence-electron chi connectivity index (χ3n) is 3.48. The monoisotopic (exact) mass is 288 g/mol. The summed E-state index contributed by atoms with van der Waals surface area (Å²) in [6.07, 6.45) is 2.83. The van der Waals surface area contributed by atoms with Crippen LogP contribution in [0.2, 0.25) is 0 Å². The number of aliphatic hydroxyl groups is 1. The highest BCUT2D eigenvalue weighted by atomic mass is 32.2. The normalized spacial score (nSPS) is 18.6. The van der Waals surface area contributed by atoms with Crippen LogP contribution in [0.15, 0.2) is 23.1 Å². The Morgan fingerprint density at radius 1 is 1.37 bits per heavy atom. The van der Waals surface area contributed by atoms with Gasteiger partial charge in [0, 0.05) is 0 Å². The lowest BCUT2D eigenvalue weighted by Crippen LogP contribution is -2.49. The average molecular weight is 288 g/mol. The summed E-state index contributed by atoms with van der Waals surface area (Å²) in [6, 6.07) is 3.20. The lowest BCUT2D eigenvalue weighted by molar-refractivity contribution is 0.185. The van der Waals surface area contributed by atoms with E-state index < -0.39 is 21.4 Å². The maximum atomic E-state index is 13.2. The Balaban J connectivity index is 2.34. The molecule has 2 rings (SSSR count). The second-order valence-corrected chi connectivity index (χ2v) is 6.58. The molecule has 7 heteroatoms. The first-order valence-corrected chi connectivity index (χ1v) is 7.57. The van der Waals surface area contributed by atoms with E-state index in [0.717, 1.165) is 25.0 Å². The van der Waals surface area contributed by atoms with Crippen LogP contribution in [0.1, 0.15) is 25.7 Å². The fourth-order valence-corrected chi connectivity index (χ4v) is 4.02. The van der Waals surface area contributed by atoms with Crippen LogP contribution in [0, 0.1) is 5.82 Å². The van der Waals surface area contributed by atoms with Crippen LogP contribution in [0.25, 0.3) is 0 Å². The molecule has 0 unspecified atom stereocenters. The first-order chi connectivity index (χ1) is 8.88. The van der Waals surface area contributed by atoms with Gasteiger partial charge in [-0.3, -0.25) is 0 Å². The number of rotatable bonds is 4. The molecule has 0 aliphatic heterocycles. The van der Waals surface area contributed by atoms with Gasteiger partial charge in [-0.25, -0.2) is 17.5 Å². The van der Waals surface area contributed by atoms with Crippen LogP contribution in [0.3, 0.4) is 0 Å². The number of anilines is 1. The summed E-state index contributed by atoms with van der Waals surface area (Å²) in [5, 5.41) is 9.42. The Kier molecular flexibility index (Phi) is 3.80. The minimum Gasteiger partial charge on any atom is -0.398 e. The van der Waals surface area contributed by atoms with Gasteiger partial charge in [-0.1, -0.05) is 12.8 Å². The number of hydrogen-bond donors (Lipinski definition) is 3. The molecule has 0 amide bonds. The zero-order valence-corrected chi connectivity index (χ0v) is 11.2. The molecule has 4 N–H and O–H groups in total. The summed E-state index contributed by atoms with van der Waals surface area (Å²) in [5.74, 6) is -0.668. The quantitative estimate of drug-likeness (QED) is 0.720. The predicted octanol–water partition coefficient (Wildman–Crippen LogP) is 0.991. The molecular formula is C12H17FN2O3S. The lowest BCUT2D eigenvalue weighted by atomic mass is 10.0. The molecular weight excluding hydrogens is 271 g/mol. The molecule has 0 atom stereocenters. The van der Waals surface area contributed by atoms with Gasteiger partial charge in [-0.05, 0) is 31.0 Å². The van der Waals surface area contributed by atoms with Crippen molar-refractivity contribution in [2.45, 2.75) is 36.1 Å². The Morgan fingerprint density at radius 2 is 2.00 bits per heavy atom. The Hall–Kier alpha value is -1.18. The van der Waals surface area contributed by atoms with Crippen LogP contribution in [-0.2, 0) is 10.0 Å². The molecule has 106 valence electrons. The van der Waals surface area contributed by atoms with Gasteiger partial charge in [0.15, 0.2) is 0 Å². The lowest BCUT2D eigenvalue weighted by Gasteiger charge is -2.27. The van der Waals surface area contributed by atoms with Crippen molar-refractivity contribution in [3.05, 3.63) is 24.0 Å². The van der Waals surface area contributed by atoms with Gasteiger partial charge in [-0.2, -0.15) is 0 Å². The van der Waals surface area contributed by atoms with E-state index in [-0.39, 0.29) is 17.2 Å². The van der Waals surface area contributed by atoms with E-state index in [1.54, 1.807) is 0 Å². The molecule has 0 saturated heterocycles. The minimum atomic E-state index is -3.94. The van der Waals surface area contributed by atoms with Crippen LogP contribution in [0.4, 0.5) is 10.1 Å². The van der Waals surface area contributed by atoms with E-state index in [9.17, 15) is 17.9 Å². The van der Waals surface area contributed by atoms with E-state index in [4.69, 9.17) is 5.73 Å². The van der Waals surface area contributed by atoms with E-state index in [1.165, 1.54) is 6.07 Å². The second kappa shape index (κ2) is 5.07. The summed E-state index contributed by atoms with van der Waals surface area (Å²) in [6.45, 7) is -0.276. The first-order valence-electron chi connectivity index (χ1n) is 6.08. The molecule has 0 spiro atoms. The Labute approximate surface area is 111 Å². The van der Waals surface area contributed by atoms with Gasteiger partial charge < -0.3 is 10.8 Å². The molecule has 0 radical (unpaired) electrons. The van der Waals surface area contributed by atoms with Crippen molar-refractivity contribution in [2.24, 2.45) is 0 Å². The molecule has 1 fully saturated rings. The number of nitrogen functional groups attached to an aromatic ring is 1. The summed E-state index contributed by atoms with van der Waals surface area (Å²) < 4.78 is 40.2. The average Bonchev–Trinajstić information content (AvgIpc) is 2.80. The molecule has 1 aliphatic carbocycles. The topological polar surface area (TPSA) is 92.4 Å². The number of halogens is 1. The van der Waals surface area contributed by atoms with Crippen molar-refractivity contribution in [3.8, 4) is 0 Å². The van der Waals surface area contributed by atoms with Crippen molar-refractivity contribution in [2.75, 3.05) is 12.3 Å². The third-order valence-corrected chi connectivity index (χ3v) is 5.11. The van der Waals surface area contributed by atoms with Gasteiger partial charge >= 0.3 is 0 Å². The van der Waals surface area contributed by atoms with E-state index in [2.05, 4.69) is 4.72 Å². The second-order valence-electron chi connectivity index (χ2n) is 4.93. The van der Waals surface area contributed by atoms with Gasteiger partial charge in [-0.15, -0.1) is 0 Å². The number of nitrogens with two attached hydrogens (primary N) is 1. The summed E-state index contributed by atoms with van der Waals surface area (Å²) >= 11 is 0. The maximum Gasteiger partial charge on any atom is 0.243 e. The van der Waals surface area contributed by atoms with Crippen LogP contribution in [0.5, 0.6) is 0 Å². The van der Waals surface area contributed by atoms with Crippen LogP contribution < -0.4 is 10.5 Å². The molecule has 5 nitrogen and oxygen atoms in total. The zero-order chi connectivity index (χ0) is 14.1. The largest absolute Gasteiger partial charge is 0.398 e. The van der Waals surface area contributed by atoms with E-state index >= 15 is 0 Å². The third kappa shape index (κ3) is 2.88. The number of aliphatic hydroxyl groups excluding tert-OH is 1. The van der Waals surface area contributed by atoms with Crippen molar-refractivity contribution in [1.29, 1.82) is 0 Å². The Morgan fingerprint density at radius 3 is 2.58 bits per heavy atom. The first kappa shape index (κ1) is 14.2. The fraction of sp³-hybridized carbons (Fsp3) is 0.500. The van der Waals surface area contributed by atoms with Crippen molar-refractivity contribution < 1.29 is 17.9 Å². The highest BCUT2D eigenvalue weighted by Crippen LogP contribution is 2.31. The van der Waals surface area contributed by atoms with Gasteiger partial charge in [0.25, 0.3) is 0 Å². The van der Waals surface area contributed by atoms with Crippen molar-refractivity contribution in [3.63, 3.8) is 0 Å². The molecule has 0 aromatic heterocycles. The standard InChI is InChI=1S/C12H17FN2O3S/c13-9-3-4-10(14)11(7-9)19(17,18)15-12(8-16)5-1-2-6-12/h3-4,7,15-16H,1-2,5-6,8,14H2. The summed E-state index contributed by atoms with van der Waals surface area (Å²) in [7, 11) is -3.94. The van der Waals surface area contributed by atoms with Crippen molar-refractivity contribution >= 4 is 15.7 Å². The number of nitrogens with one attached hydrogen (secondary N) is 1. The summed E-state index contributed by atoms with van der Waals surface area (Å²) in [4.78, 5) is -0.285. The molecule has 19 heavy (non-hydrogen) atoms. The van der Waals surface area contributed by atoms with Crippen molar-refractivity contribution in [1.82, 2.24) is 4.72 Å². The van der Waals surface area contributed by atoms with Gasteiger partial charge in [0.05, 0.1) is 17.8 Å². The molecule has 0 bridgehead atoms. The molecule has 1 aliphatic rings. The van der Waals surface area contributed by atoms with Gasteiger partial charge in [0.1, 0.15) is 10.7 Å². The highest BCUT2D eigenvalue weighted by Gasteiger charge is 2.38. The van der Waals surface area contributed by atoms with Crippen LogP contribution in [-0.4, -0.2) is 25.7 Å². The minimum absolute atomic E-state index is 0.0139.